The van der Waals surface area contributed by atoms with Crippen LogP contribution in [0.3, 0.4) is 0 Å². The van der Waals surface area contributed by atoms with Crippen LogP contribution < -0.4 is 0 Å². The highest BCUT2D eigenvalue weighted by atomic mass is 32.1. The summed E-state index contributed by atoms with van der Waals surface area (Å²) < 4.78 is 0. The average Bonchev–Trinajstić information content (AvgIpc) is 2.86. The molecule has 2 aromatic rings. The molecule has 2 N–H and O–H groups in total. The van der Waals surface area contributed by atoms with Crippen LogP contribution in [0, 0.1) is 0 Å². The summed E-state index contributed by atoms with van der Waals surface area (Å²) in [4.78, 5) is 19.2. The van der Waals surface area contributed by atoms with Gasteiger partial charge in [-0.05, 0) is 17.4 Å². The Morgan fingerprint density at radius 2 is 2.31 bits per heavy atom. The number of nitrogens with zero attached hydrogens (tertiary/aromatic N) is 1. The van der Waals surface area contributed by atoms with Gasteiger partial charge < -0.3 is 10.1 Å². The number of carboxylic acids is 1. The van der Waals surface area contributed by atoms with E-state index in [-0.39, 0.29) is 11.6 Å². The Bertz CT molecular complexity index is 500. The van der Waals surface area contributed by atoms with Gasteiger partial charge in [-0.1, -0.05) is 19.9 Å². The van der Waals surface area contributed by atoms with Crippen LogP contribution in [0.2, 0.25) is 0 Å². The van der Waals surface area contributed by atoms with Crippen molar-refractivity contribution in [3.05, 3.63) is 28.9 Å². The number of imidazole rings is 1. The minimum atomic E-state index is -0.984. The topological polar surface area (TPSA) is 66.0 Å². The summed E-state index contributed by atoms with van der Waals surface area (Å²) in [5.74, 6) is -0.230. The lowest BCUT2D eigenvalue weighted by molar-refractivity contribution is 0.0689. The van der Waals surface area contributed by atoms with E-state index in [4.69, 9.17) is 5.11 Å². The fourth-order valence-corrected chi connectivity index (χ4v) is 2.17. The molecule has 2 aromatic heterocycles. The molecule has 2 rings (SSSR count). The van der Waals surface area contributed by atoms with E-state index in [9.17, 15) is 4.79 Å². The second kappa shape index (κ2) is 4.09. The number of hydrogen-bond donors (Lipinski definition) is 2. The van der Waals surface area contributed by atoms with Gasteiger partial charge >= 0.3 is 5.97 Å². The Hall–Kier alpha value is -1.62. The van der Waals surface area contributed by atoms with Crippen molar-refractivity contribution in [2.45, 2.75) is 19.8 Å². The SMILES string of the molecule is CC(C)c1[nH]c(-c2cccs2)nc1C(=O)O. The summed E-state index contributed by atoms with van der Waals surface area (Å²) in [6.07, 6.45) is 0. The summed E-state index contributed by atoms with van der Waals surface area (Å²) in [7, 11) is 0. The first-order chi connectivity index (χ1) is 7.59. The molecule has 0 radical (unpaired) electrons. The summed E-state index contributed by atoms with van der Waals surface area (Å²) in [6, 6.07) is 3.83. The van der Waals surface area contributed by atoms with E-state index in [0.717, 1.165) is 4.88 Å². The molecule has 0 spiro atoms. The minimum absolute atomic E-state index is 0.118. The molecule has 16 heavy (non-hydrogen) atoms. The lowest BCUT2D eigenvalue weighted by atomic mass is 10.1. The molecular weight excluding hydrogens is 224 g/mol. The second-order valence-electron chi connectivity index (χ2n) is 3.78. The first-order valence-corrected chi connectivity index (χ1v) is 5.84. The number of rotatable bonds is 3. The van der Waals surface area contributed by atoms with Crippen molar-refractivity contribution in [2.24, 2.45) is 0 Å². The maximum Gasteiger partial charge on any atom is 0.356 e. The monoisotopic (exact) mass is 236 g/mol. The Balaban J connectivity index is 2.51. The normalized spacial score (nSPS) is 10.9. The van der Waals surface area contributed by atoms with Crippen molar-refractivity contribution in [3.63, 3.8) is 0 Å². The summed E-state index contributed by atoms with van der Waals surface area (Å²) >= 11 is 1.53. The van der Waals surface area contributed by atoms with Crippen LogP contribution in [-0.4, -0.2) is 21.0 Å². The van der Waals surface area contributed by atoms with Gasteiger partial charge in [0.2, 0.25) is 0 Å². The van der Waals surface area contributed by atoms with Crippen LogP contribution in [0.25, 0.3) is 10.7 Å². The van der Waals surface area contributed by atoms with Gasteiger partial charge in [-0.2, -0.15) is 0 Å². The van der Waals surface area contributed by atoms with Crippen LogP contribution >= 0.6 is 11.3 Å². The number of carboxylic acid groups (broad SMARTS) is 1. The van der Waals surface area contributed by atoms with E-state index in [2.05, 4.69) is 9.97 Å². The number of aromatic carboxylic acids is 1. The van der Waals surface area contributed by atoms with Crippen molar-refractivity contribution < 1.29 is 9.90 Å². The molecule has 0 aliphatic rings. The van der Waals surface area contributed by atoms with Crippen molar-refractivity contribution in [1.82, 2.24) is 9.97 Å². The zero-order chi connectivity index (χ0) is 11.7. The quantitative estimate of drug-likeness (QED) is 0.861. The molecule has 0 aliphatic carbocycles. The number of hydrogen-bond acceptors (Lipinski definition) is 3. The Labute approximate surface area is 97.0 Å². The smallest absolute Gasteiger partial charge is 0.356 e. The van der Waals surface area contributed by atoms with Crippen LogP contribution in [0.15, 0.2) is 17.5 Å². The van der Waals surface area contributed by atoms with Crippen molar-refractivity contribution in [3.8, 4) is 10.7 Å². The van der Waals surface area contributed by atoms with E-state index < -0.39 is 5.97 Å². The molecule has 84 valence electrons. The first kappa shape index (κ1) is 10.9. The highest BCUT2D eigenvalue weighted by molar-refractivity contribution is 7.13. The molecule has 0 aliphatic heterocycles. The lowest BCUT2D eigenvalue weighted by Crippen LogP contribution is -2.02. The van der Waals surface area contributed by atoms with E-state index in [0.29, 0.717) is 11.5 Å². The van der Waals surface area contributed by atoms with E-state index in [1.54, 1.807) is 0 Å². The third kappa shape index (κ3) is 1.86. The average molecular weight is 236 g/mol. The molecule has 0 saturated heterocycles. The van der Waals surface area contributed by atoms with Gasteiger partial charge in [-0.3, -0.25) is 0 Å². The summed E-state index contributed by atoms with van der Waals surface area (Å²) in [6.45, 7) is 3.89. The highest BCUT2D eigenvalue weighted by Crippen LogP contribution is 2.26. The molecule has 0 amide bonds. The Kier molecular flexibility index (Phi) is 2.78. The Morgan fingerprint density at radius 1 is 1.56 bits per heavy atom. The third-order valence-electron chi connectivity index (χ3n) is 2.27. The minimum Gasteiger partial charge on any atom is -0.476 e. The summed E-state index contributed by atoms with van der Waals surface area (Å²) in [5, 5.41) is 11.0. The van der Waals surface area contributed by atoms with Gasteiger partial charge in [0.25, 0.3) is 0 Å². The van der Waals surface area contributed by atoms with Crippen LogP contribution in [0.1, 0.15) is 35.9 Å². The lowest BCUT2D eigenvalue weighted by Gasteiger charge is -2.01. The molecule has 2 heterocycles. The van der Waals surface area contributed by atoms with Gasteiger partial charge in [0.1, 0.15) is 5.82 Å². The van der Waals surface area contributed by atoms with Gasteiger partial charge in [-0.25, -0.2) is 9.78 Å². The molecule has 0 unspecified atom stereocenters. The molecular formula is C11H12N2O2S. The predicted molar refractivity (Wildman–Crippen MR) is 62.9 cm³/mol. The standard InChI is InChI=1S/C11H12N2O2S/c1-6(2)8-9(11(14)15)13-10(12-8)7-4-3-5-16-7/h3-6H,1-2H3,(H,12,13)(H,14,15). The largest absolute Gasteiger partial charge is 0.476 e. The van der Waals surface area contributed by atoms with Gasteiger partial charge in [0.15, 0.2) is 5.69 Å². The molecule has 0 atom stereocenters. The third-order valence-corrected chi connectivity index (χ3v) is 3.14. The van der Waals surface area contributed by atoms with Gasteiger partial charge in [-0.15, -0.1) is 11.3 Å². The van der Waals surface area contributed by atoms with Crippen molar-refractivity contribution in [2.75, 3.05) is 0 Å². The zero-order valence-corrected chi connectivity index (χ0v) is 9.84. The first-order valence-electron chi connectivity index (χ1n) is 4.96. The van der Waals surface area contributed by atoms with E-state index in [1.807, 2.05) is 31.4 Å². The van der Waals surface area contributed by atoms with Gasteiger partial charge in [0.05, 0.1) is 10.6 Å². The van der Waals surface area contributed by atoms with E-state index >= 15 is 0 Å². The molecule has 0 saturated carbocycles. The van der Waals surface area contributed by atoms with Crippen molar-refractivity contribution in [1.29, 1.82) is 0 Å². The predicted octanol–water partition coefficient (Wildman–Crippen LogP) is 2.96. The molecule has 0 fully saturated rings. The molecule has 4 nitrogen and oxygen atoms in total. The maximum absolute atomic E-state index is 11.0. The second-order valence-corrected chi connectivity index (χ2v) is 4.73. The van der Waals surface area contributed by atoms with Crippen LogP contribution in [0.4, 0.5) is 0 Å². The number of nitrogens with one attached hydrogen (secondary N) is 1. The van der Waals surface area contributed by atoms with E-state index in [1.165, 1.54) is 11.3 Å². The molecule has 0 bridgehead atoms. The Morgan fingerprint density at radius 3 is 2.75 bits per heavy atom. The number of thiophene rings is 1. The fourth-order valence-electron chi connectivity index (χ4n) is 1.50. The zero-order valence-electron chi connectivity index (χ0n) is 9.02. The number of aromatic amines is 1. The highest BCUT2D eigenvalue weighted by Gasteiger charge is 2.19. The van der Waals surface area contributed by atoms with Crippen LogP contribution in [0.5, 0.6) is 0 Å². The van der Waals surface area contributed by atoms with Gasteiger partial charge in [0, 0.05) is 0 Å². The number of carbonyl (C=O) groups is 1. The number of H-pyrrole nitrogens is 1. The molecule has 0 aromatic carbocycles. The maximum atomic E-state index is 11.0. The fraction of sp³-hybridized carbons (Fsp3) is 0.273. The number of aromatic nitrogens is 2. The van der Waals surface area contributed by atoms with Crippen LogP contribution in [-0.2, 0) is 0 Å². The summed E-state index contributed by atoms with van der Waals surface area (Å²) in [5.41, 5.74) is 0.800. The van der Waals surface area contributed by atoms with Crippen molar-refractivity contribution >= 4 is 17.3 Å². The molecule has 5 heteroatoms.